The summed E-state index contributed by atoms with van der Waals surface area (Å²) >= 11 is 3.32. The van der Waals surface area contributed by atoms with Gasteiger partial charge in [-0.15, -0.1) is 0 Å². The van der Waals surface area contributed by atoms with Gasteiger partial charge in [0.25, 0.3) is 5.91 Å². The predicted molar refractivity (Wildman–Crippen MR) is 71.5 cm³/mol. The van der Waals surface area contributed by atoms with Crippen molar-refractivity contribution in [3.8, 4) is 0 Å². The molecular formula is C13H16BrNO3. The van der Waals surface area contributed by atoms with Crippen LogP contribution in [0.1, 0.15) is 23.7 Å². The molecule has 2 unspecified atom stereocenters. The van der Waals surface area contributed by atoms with Crippen LogP contribution >= 0.6 is 15.9 Å². The van der Waals surface area contributed by atoms with E-state index in [9.17, 15) is 9.90 Å². The van der Waals surface area contributed by atoms with Crippen molar-refractivity contribution in [2.24, 2.45) is 0 Å². The second-order valence-electron chi connectivity index (χ2n) is 4.56. The van der Waals surface area contributed by atoms with Crippen molar-refractivity contribution < 1.29 is 14.6 Å². The van der Waals surface area contributed by atoms with Crippen LogP contribution in [-0.4, -0.2) is 35.9 Å². The SMILES string of the molecule is CC1OCCC1(O)CNC(=O)c1ccc(Br)cc1. The Hall–Kier alpha value is -0.910. The maximum atomic E-state index is 11.9. The Kier molecular flexibility index (Phi) is 4.04. The van der Waals surface area contributed by atoms with Gasteiger partial charge in [0, 0.05) is 29.6 Å². The Bertz CT molecular complexity index is 434. The fourth-order valence-electron chi connectivity index (χ4n) is 1.94. The van der Waals surface area contributed by atoms with Crippen LogP contribution in [-0.2, 0) is 4.74 Å². The van der Waals surface area contributed by atoms with E-state index in [1.165, 1.54) is 0 Å². The van der Waals surface area contributed by atoms with Crippen LogP contribution in [0.15, 0.2) is 28.7 Å². The molecule has 1 heterocycles. The molecule has 1 amide bonds. The average Bonchev–Trinajstić information content (AvgIpc) is 2.68. The van der Waals surface area contributed by atoms with Crippen molar-refractivity contribution in [2.75, 3.05) is 13.2 Å². The van der Waals surface area contributed by atoms with E-state index in [1.807, 2.05) is 19.1 Å². The Morgan fingerprint density at radius 1 is 1.56 bits per heavy atom. The first-order valence-electron chi connectivity index (χ1n) is 5.89. The van der Waals surface area contributed by atoms with Crippen LogP contribution in [0.4, 0.5) is 0 Å². The zero-order valence-corrected chi connectivity index (χ0v) is 11.7. The summed E-state index contributed by atoms with van der Waals surface area (Å²) in [6, 6.07) is 7.09. The number of nitrogens with one attached hydrogen (secondary N) is 1. The summed E-state index contributed by atoms with van der Waals surface area (Å²) in [4.78, 5) is 11.9. The summed E-state index contributed by atoms with van der Waals surface area (Å²) in [5, 5.41) is 13.0. The molecule has 0 spiro atoms. The number of halogens is 1. The molecule has 2 rings (SSSR count). The minimum absolute atomic E-state index is 0.185. The van der Waals surface area contributed by atoms with Gasteiger partial charge in [-0.25, -0.2) is 0 Å². The number of aliphatic hydroxyl groups is 1. The Morgan fingerprint density at radius 2 is 2.22 bits per heavy atom. The minimum Gasteiger partial charge on any atom is -0.385 e. The summed E-state index contributed by atoms with van der Waals surface area (Å²) < 4.78 is 6.24. The lowest BCUT2D eigenvalue weighted by Gasteiger charge is -2.26. The molecule has 1 aromatic carbocycles. The van der Waals surface area contributed by atoms with Crippen LogP contribution in [0.2, 0.25) is 0 Å². The zero-order chi connectivity index (χ0) is 13.2. The minimum atomic E-state index is -0.953. The number of rotatable bonds is 3. The largest absolute Gasteiger partial charge is 0.385 e. The molecule has 18 heavy (non-hydrogen) atoms. The van der Waals surface area contributed by atoms with Gasteiger partial charge in [0.2, 0.25) is 0 Å². The van der Waals surface area contributed by atoms with Gasteiger partial charge in [-0.3, -0.25) is 4.79 Å². The Morgan fingerprint density at radius 3 is 2.78 bits per heavy atom. The number of carbonyl (C=O) groups is 1. The lowest BCUT2D eigenvalue weighted by atomic mass is 9.96. The summed E-state index contributed by atoms with van der Waals surface area (Å²) in [6.45, 7) is 2.56. The first-order valence-corrected chi connectivity index (χ1v) is 6.68. The Balaban J connectivity index is 1.94. The normalized spacial score (nSPS) is 27.2. The third-order valence-corrected chi connectivity index (χ3v) is 3.85. The first kappa shape index (κ1) is 13.5. The van der Waals surface area contributed by atoms with Gasteiger partial charge in [0.05, 0.1) is 6.10 Å². The first-order chi connectivity index (χ1) is 8.51. The van der Waals surface area contributed by atoms with Crippen LogP contribution in [0, 0.1) is 0 Å². The molecule has 0 aromatic heterocycles. The third kappa shape index (κ3) is 2.91. The molecule has 0 radical (unpaired) electrons. The number of ether oxygens (including phenoxy) is 1. The lowest BCUT2D eigenvalue weighted by Crippen LogP contribution is -2.47. The smallest absolute Gasteiger partial charge is 0.251 e. The highest BCUT2D eigenvalue weighted by Crippen LogP contribution is 2.24. The number of carbonyl (C=O) groups excluding carboxylic acids is 1. The van der Waals surface area contributed by atoms with E-state index < -0.39 is 5.60 Å². The lowest BCUT2D eigenvalue weighted by molar-refractivity contribution is -0.0251. The molecule has 1 fully saturated rings. The fraction of sp³-hybridized carbons (Fsp3) is 0.462. The number of hydrogen-bond acceptors (Lipinski definition) is 3. The average molecular weight is 314 g/mol. The van der Waals surface area contributed by atoms with Crippen molar-refractivity contribution in [3.63, 3.8) is 0 Å². The van der Waals surface area contributed by atoms with E-state index in [-0.39, 0.29) is 18.6 Å². The highest BCUT2D eigenvalue weighted by Gasteiger charge is 2.39. The van der Waals surface area contributed by atoms with Crippen molar-refractivity contribution in [3.05, 3.63) is 34.3 Å². The van der Waals surface area contributed by atoms with E-state index in [4.69, 9.17) is 4.74 Å². The maximum absolute atomic E-state index is 11.9. The number of benzene rings is 1. The molecule has 1 aromatic rings. The zero-order valence-electron chi connectivity index (χ0n) is 10.1. The monoisotopic (exact) mass is 313 g/mol. The summed E-state index contributed by atoms with van der Waals surface area (Å²) in [7, 11) is 0. The molecule has 2 N–H and O–H groups in total. The van der Waals surface area contributed by atoms with E-state index >= 15 is 0 Å². The van der Waals surface area contributed by atoms with Crippen LogP contribution in [0.25, 0.3) is 0 Å². The topological polar surface area (TPSA) is 58.6 Å². The molecule has 0 aliphatic carbocycles. The molecule has 1 saturated heterocycles. The molecule has 98 valence electrons. The van der Waals surface area contributed by atoms with E-state index in [0.717, 1.165) is 4.47 Å². The molecule has 0 saturated carbocycles. The summed E-state index contributed by atoms with van der Waals surface area (Å²) in [5.41, 5.74) is -0.376. The standard InChI is InChI=1S/C13H16BrNO3/c1-9-13(17,6-7-18-9)8-15-12(16)10-2-4-11(14)5-3-10/h2-5,9,17H,6-8H2,1H3,(H,15,16). The molecular weight excluding hydrogens is 298 g/mol. The second-order valence-corrected chi connectivity index (χ2v) is 5.47. The van der Waals surface area contributed by atoms with Gasteiger partial charge in [-0.05, 0) is 31.2 Å². The van der Waals surface area contributed by atoms with Gasteiger partial charge < -0.3 is 15.2 Å². The van der Waals surface area contributed by atoms with Gasteiger partial charge in [-0.1, -0.05) is 15.9 Å². The van der Waals surface area contributed by atoms with E-state index in [2.05, 4.69) is 21.2 Å². The third-order valence-electron chi connectivity index (χ3n) is 3.32. The van der Waals surface area contributed by atoms with Crippen molar-refractivity contribution in [1.82, 2.24) is 5.32 Å². The molecule has 4 nitrogen and oxygen atoms in total. The van der Waals surface area contributed by atoms with E-state index in [1.54, 1.807) is 12.1 Å². The predicted octanol–water partition coefficient (Wildman–Crippen LogP) is 1.72. The summed E-state index contributed by atoms with van der Waals surface area (Å²) in [6.07, 6.45) is 0.303. The van der Waals surface area contributed by atoms with Crippen molar-refractivity contribution in [2.45, 2.75) is 25.0 Å². The van der Waals surface area contributed by atoms with Crippen LogP contribution in [0.3, 0.4) is 0 Å². The highest BCUT2D eigenvalue weighted by molar-refractivity contribution is 9.10. The number of amides is 1. The van der Waals surface area contributed by atoms with Crippen molar-refractivity contribution >= 4 is 21.8 Å². The second kappa shape index (κ2) is 5.38. The van der Waals surface area contributed by atoms with Gasteiger partial charge in [-0.2, -0.15) is 0 Å². The fourth-order valence-corrected chi connectivity index (χ4v) is 2.20. The van der Waals surface area contributed by atoms with Crippen LogP contribution in [0.5, 0.6) is 0 Å². The van der Waals surface area contributed by atoms with Gasteiger partial charge >= 0.3 is 0 Å². The maximum Gasteiger partial charge on any atom is 0.251 e. The van der Waals surface area contributed by atoms with Gasteiger partial charge in [0.15, 0.2) is 0 Å². The van der Waals surface area contributed by atoms with E-state index in [0.29, 0.717) is 18.6 Å². The quantitative estimate of drug-likeness (QED) is 0.893. The highest BCUT2D eigenvalue weighted by atomic mass is 79.9. The molecule has 0 bridgehead atoms. The van der Waals surface area contributed by atoms with Crippen LogP contribution < -0.4 is 5.32 Å². The van der Waals surface area contributed by atoms with Gasteiger partial charge in [0.1, 0.15) is 5.60 Å². The van der Waals surface area contributed by atoms with Crippen molar-refractivity contribution in [1.29, 1.82) is 0 Å². The Labute approximate surface area is 114 Å². The molecule has 2 atom stereocenters. The summed E-state index contributed by atoms with van der Waals surface area (Å²) in [5.74, 6) is -0.185. The molecule has 1 aliphatic heterocycles. The molecule has 1 aliphatic rings. The molecule has 5 heteroatoms. The number of hydrogen-bond donors (Lipinski definition) is 2.